The lowest BCUT2D eigenvalue weighted by atomic mass is 10.1. The van der Waals surface area contributed by atoms with Crippen molar-refractivity contribution in [2.45, 2.75) is 26.3 Å². The Morgan fingerprint density at radius 1 is 1.19 bits per heavy atom. The maximum atomic E-state index is 12.9. The van der Waals surface area contributed by atoms with Crippen molar-refractivity contribution in [3.63, 3.8) is 0 Å². The third-order valence-corrected chi connectivity index (χ3v) is 4.01. The number of hydrazine groups is 1. The van der Waals surface area contributed by atoms with Crippen LogP contribution >= 0.6 is 23.2 Å². The van der Waals surface area contributed by atoms with E-state index in [-0.39, 0.29) is 21.3 Å². The molecule has 10 heteroatoms. The Labute approximate surface area is 165 Å². The van der Waals surface area contributed by atoms with Crippen LogP contribution in [0, 0.1) is 10.1 Å². The number of halogens is 2. The number of nitro groups is 1. The maximum Gasteiger partial charge on any atom is 0.282 e. The molecule has 1 aromatic heterocycles. The van der Waals surface area contributed by atoms with Crippen molar-refractivity contribution in [1.82, 2.24) is 15.4 Å². The van der Waals surface area contributed by atoms with E-state index in [4.69, 9.17) is 23.2 Å². The number of rotatable bonds is 3. The van der Waals surface area contributed by atoms with Crippen molar-refractivity contribution in [2.75, 3.05) is 0 Å². The van der Waals surface area contributed by atoms with Crippen molar-refractivity contribution in [3.05, 3.63) is 67.9 Å². The van der Waals surface area contributed by atoms with Gasteiger partial charge in [0.2, 0.25) is 0 Å². The second-order valence-corrected chi connectivity index (χ2v) is 7.31. The van der Waals surface area contributed by atoms with E-state index in [1.54, 1.807) is 20.8 Å². The fourth-order valence-corrected chi connectivity index (χ4v) is 2.57. The highest BCUT2D eigenvalue weighted by Gasteiger charge is 2.32. The van der Waals surface area contributed by atoms with E-state index < -0.39 is 28.0 Å². The SMILES string of the molecule is CC(C)(C)N(NC(=O)c1cc(Cl)ccc1[N+](=O)[O-])C(=O)c1cccnc1Cl. The zero-order valence-electron chi connectivity index (χ0n) is 14.7. The molecule has 0 aliphatic carbocycles. The number of hydrogen-bond acceptors (Lipinski definition) is 5. The standard InChI is InChI=1S/C17H16Cl2N4O4/c1-17(2,3)22(16(25)11-5-4-8-20-14(11)19)21-15(24)12-9-10(18)6-7-13(12)23(26)27/h4-9H,1-3H3,(H,21,24). The molecule has 0 unspecified atom stereocenters. The number of nitrogens with zero attached hydrogens (tertiary/aromatic N) is 3. The van der Waals surface area contributed by atoms with Gasteiger partial charge in [0.1, 0.15) is 10.7 Å². The van der Waals surface area contributed by atoms with Crippen LogP contribution in [0.2, 0.25) is 10.2 Å². The van der Waals surface area contributed by atoms with Crippen LogP contribution in [0.4, 0.5) is 5.69 Å². The first-order valence-electron chi connectivity index (χ1n) is 7.72. The van der Waals surface area contributed by atoms with E-state index in [9.17, 15) is 19.7 Å². The van der Waals surface area contributed by atoms with Gasteiger partial charge >= 0.3 is 0 Å². The highest BCUT2D eigenvalue weighted by molar-refractivity contribution is 6.32. The summed E-state index contributed by atoms with van der Waals surface area (Å²) in [6, 6.07) is 6.59. The minimum Gasteiger partial charge on any atom is -0.267 e. The maximum absolute atomic E-state index is 12.9. The average Bonchev–Trinajstić information content (AvgIpc) is 2.58. The van der Waals surface area contributed by atoms with Crippen LogP contribution in [0.15, 0.2) is 36.5 Å². The van der Waals surface area contributed by atoms with Gasteiger partial charge < -0.3 is 0 Å². The second-order valence-electron chi connectivity index (χ2n) is 6.51. The van der Waals surface area contributed by atoms with Crippen LogP contribution < -0.4 is 5.43 Å². The molecule has 0 atom stereocenters. The molecule has 0 saturated heterocycles. The molecule has 0 aliphatic rings. The Kier molecular flexibility index (Phi) is 6.02. The molecule has 0 radical (unpaired) electrons. The summed E-state index contributed by atoms with van der Waals surface area (Å²) in [7, 11) is 0. The lowest BCUT2D eigenvalue weighted by Crippen LogP contribution is -2.56. The van der Waals surface area contributed by atoms with Crippen molar-refractivity contribution in [3.8, 4) is 0 Å². The fourth-order valence-electron chi connectivity index (χ4n) is 2.20. The Bertz CT molecular complexity index is 912. The van der Waals surface area contributed by atoms with Gasteiger partial charge in [-0.1, -0.05) is 23.2 Å². The fraction of sp³-hybridized carbons (Fsp3) is 0.235. The molecule has 8 nitrogen and oxygen atoms in total. The molecule has 1 aromatic carbocycles. The molecule has 0 aliphatic heterocycles. The van der Waals surface area contributed by atoms with Crippen LogP contribution in [0.5, 0.6) is 0 Å². The number of pyridine rings is 1. The molecule has 0 bridgehead atoms. The third kappa shape index (κ3) is 4.72. The molecule has 0 spiro atoms. The van der Waals surface area contributed by atoms with Crippen LogP contribution in [-0.4, -0.2) is 32.3 Å². The van der Waals surface area contributed by atoms with Crippen molar-refractivity contribution < 1.29 is 14.5 Å². The Hall–Kier alpha value is -2.71. The van der Waals surface area contributed by atoms with Crippen molar-refractivity contribution in [1.29, 1.82) is 0 Å². The first-order chi connectivity index (χ1) is 12.5. The van der Waals surface area contributed by atoms with E-state index >= 15 is 0 Å². The number of carbonyl (C=O) groups is 2. The van der Waals surface area contributed by atoms with Crippen molar-refractivity contribution in [2.24, 2.45) is 0 Å². The lowest BCUT2D eigenvalue weighted by Gasteiger charge is -2.35. The number of hydrogen-bond donors (Lipinski definition) is 1. The van der Waals surface area contributed by atoms with Crippen LogP contribution in [-0.2, 0) is 0 Å². The van der Waals surface area contributed by atoms with E-state index in [1.165, 1.54) is 24.4 Å². The van der Waals surface area contributed by atoms with Gasteiger partial charge in [0.05, 0.1) is 16.0 Å². The van der Waals surface area contributed by atoms with Crippen LogP contribution in [0.1, 0.15) is 41.5 Å². The van der Waals surface area contributed by atoms with Gasteiger partial charge in [-0.15, -0.1) is 0 Å². The number of nitro benzene ring substituents is 1. The molecule has 2 amide bonds. The summed E-state index contributed by atoms with van der Waals surface area (Å²) in [5, 5.41) is 12.4. The number of benzene rings is 1. The average molecular weight is 411 g/mol. The van der Waals surface area contributed by atoms with E-state index in [0.29, 0.717) is 0 Å². The number of carbonyl (C=O) groups excluding carboxylic acids is 2. The molecule has 1 N–H and O–H groups in total. The normalized spacial score (nSPS) is 11.0. The molecular weight excluding hydrogens is 395 g/mol. The topological polar surface area (TPSA) is 105 Å². The van der Waals surface area contributed by atoms with Crippen molar-refractivity contribution >= 4 is 40.7 Å². The van der Waals surface area contributed by atoms with E-state index in [1.807, 2.05) is 0 Å². The number of amides is 2. The molecule has 0 fully saturated rings. The van der Waals surface area contributed by atoms with Gasteiger partial charge in [-0.3, -0.25) is 25.1 Å². The number of aromatic nitrogens is 1. The van der Waals surface area contributed by atoms with Gasteiger partial charge in [-0.25, -0.2) is 9.99 Å². The highest BCUT2D eigenvalue weighted by atomic mass is 35.5. The second kappa shape index (κ2) is 7.89. The van der Waals surface area contributed by atoms with E-state index in [0.717, 1.165) is 17.1 Å². The van der Waals surface area contributed by atoms with Crippen LogP contribution in [0.3, 0.4) is 0 Å². The molecule has 0 saturated carbocycles. The molecule has 2 aromatic rings. The summed E-state index contributed by atoms with van der Waals surface area (Å²) in [5.41, 5.74) is 0.929. The predicted octanol–water partition coefficient (Wildman–Crippen LogP) is 3.88. The van der Waals surface area contributed by atoms with Gasteiger partial charge in [-0.05, 0) is 45.0 Å². The van der Waals surface area contributed by atoms with Gasteiger partial charge in [0, 0.05) is 17.3 Å². The Morgan fingerprint density at radius 2 is 1.85 bits per heavy atom. The smallest absolute Gasteiger partial charge is 0.267 e. The molecule has 1 heterocycles. The monoisotopic (exact) mass is 410 g/mol. The van der Waals surface area contributed by atoms with Gasteiger partial charge in [0.25, 0.3) is 17.5 Å². The Balaban J connectivity index is 2.42. The quantitative estimate of drug-likeness (QED) is 0.469. The molecular formula is C17H16Cl2N4O4. The third-order valence-electron chi connectivity index (χ3n) is 3.48. The Morgan fingerprint density at radius 3 is 2.41 bits per heavy atom. The summed E-state index contributed by atoms with van der Waals surface area (Å²) < 4.78 is 0. The molecule has 2 rings (SSSR count). The lowest BCUT2D eigenvalue weighted by molar-refractivity contribution is -0.385. The largest absolute Gasteiger partial charge is 0.282 e. The number of nitrogens with one attached hydrogen (secondary N) is 1. The summed E-state index contributed by atoms with van der Waals surface area (Å²) in [4.78, 5) is 39.9. The van der Waals surface area contributed by atoms with Gasteiger partial charge in [-0.2, -0.15) is 0 Å². The zero-order valence-corrected chi connectivity index (χ0v) is 16.2. The predicted molar refractivity (Wildman–Crippen MR) is 101 cm³/mol. The minimum atomic E-state index is -0.862. The summed E-state index contributed by atoms with van der Waals surface area (Å²) in [5.74, 6) is -1.47. The molecule has 142 valence electrons. The van der Waals surface area contributed by atoms with Crippen LogP contribution in [0.25, 0.3) is 0 Å². The summed E-state index contributed by atoms with van der Waals surface area (Å²) in [6.45, 7) is 5.05. The van der Waals surface area contributed by atoms with E-state index in [2.05, 4.69) is 10.4 Å². The first kappa shape index (κ1) is 20.6. The highest BCUT2D eigenvalue weighted by Crippen LogP contribution is 2.24. The first-order valence-corrected chi connectivity index (χ1v) is 8.48. The van der Waals surface area contributed by atoms with Gasteiger partial charge in [0.15, 0.2) is 0 Å². The minimum absolute atomic E-state index is 0.0280. The molecule has 27 heavy (non-hydrogen) atoms. The zero-order chi connectivity index (χ0) is 20.4. The summed E-state index contributed by atoms with van der Waals surface area (Å²) >= 11 is 11.8. The summed E-state index contributed by atoms with van der Waals surface area (Å²) in [6.07, 6.45) is 1.43.